The minimum absolute atomic E-state index is 0.0835. The summed E-state index contributed by atoms with van der Waals surface area (Å²) in [4.78, 5) is 29.5. The number of hydrogen-bond acceptors (Lipinski definition) is 8. The third-order valence-corrected chi connectivity index (χ3v) is 7.51. The highest BCUT2D eigenvalue weighted by Gasteiger charge is 2.20. The van der Waals surface area contributed by atoms with E-state index in [2.05, 4.69) is 22.1 Å². The number of nitrogens with one attached hydrogen (secondary N) is 1. The molecule has 10 heteroatoms. The molecule has 5 aromatic rings. The van der Waals surface area contributed by atoms with Gasteiger partial charge in [-0.1, -0.05) is 66.4 Å². The van der Waals surface area contributed by atoms with Crippen LogP contribution in [0.5, 0.6) is 0 Å². The first-order chi connectivity index (χ1) is 18.6. The molecule has 0 fully saturated rings. The van der Waals surface area contributed by atoms with Crippen molar-refractivity contribution in [2.45, 2.75) is 11.7 Å². The van der Waals surface area contributed by atoms with Crippen molar-refractivity contribution < 1.29 is 14.3 Å². The van der Waals surface area contributed by atoms with Crippen LogP contribution in [0.15, 0.2) is 89.9 Å². The van der Waals surface area contributed by atoms with Crippen LogP contribution in [0.4, 0.5) is 5.00 Å². The first-order valence-electron chi connectivity index (χ1n) is 11.7. The predicted molar refractivity (Wildman–Crippen MR) is 151 cm³/mol. The number of carbonyl (C=O) groups is 2. The maximum atomic E-state index is 12.7. The van der Waals surface area contributed by atoms with Crippen molar-refractivity contribution in [3.63, 3.8) is 0 Å². The van der Waals surface area contributed by atoms with Crippen molar-refractivity contribution in [1.82, 2.24) is 19.7 Å². The lowest BCUT2D eigenvalue weighted by Crippen LogP contribution is -2.16. The molecule has 3 aromatic heterocycles. The van der Waals surface area contributed by atoms with Gasteiger partial charge >= 0.3 is 5.97 Å². The van der Waals surface area contributed by atoms with Crippen molar-refractivity contribution in [3.05, 3.63) is 90.3 Å². The smallest absolute Gasteiger partial charge is 0.340 e. The number of methoxy groups -OCH3 is 1. The van der Waals surface area contributed by atoms with Crippen LogP contribution in [0.2, 0.25) is 0 Å². The lowest BCUT2D eigenvalue weighted by Gasteiger charge is -2.12. The number of thiophene rings is 1. The molecule has 2 aromatic carbocycles. The number of aromatic nitrogens is 4. The van der Waals surface area contributed by atoms with E-state index in [4.69, 9.17) is 9.72 Å². The second-order valence-electron chi connectivity index (χ2n) is 8.14. The maximum Gasteiger partial charge on any atom is 0.340 e. The normalized spacial score (nSPS) is 10.9. The second kappa shape index (κ2) is 11.4. The number of thioether (sulfide) groups is 1. The van der Waals surface area contributed by atoms with Gasteiger partial charge in [0.15, 0.2) is 11.0 Å². The average molecular weight is 542 g/mol. The molecule has 0 radical (unpaired) electrons. The van der Waals surface area contributed by atoms with Gasteiger partial charge in [-0.2, -0.15) is 0 Å². The number of benzene rings is 2. The van der Waals surface area contributed by atoms with Gasteiger partial charge in [-0.3, -0.25) is 9.36 Å². The van der Waals surface area contributed by atoms with Crippen LogP contribution in [0.1, 0.15) is 10.4 Å². The SMILES string of the molecule is C=CCn1c(SCC(=O)Nc2sccc2C(=O)OC)nnc1-c1cc(-c2ccccc2)nc2ccccc12. The van der Waals surface area contributed by atoms with Gasteiger partial charge in [0.1, 0.15) is 5.00 Å². The summed E-state index contributed by atoms with van der Waals surface area (Å²) in [5, 5.41) is 15.4. The maximum absolute atomic E-state index is 12.7. The molecule has 0 atom stereocenters. The lowest BCUT2D eigenvalue weighted by molar-refractivity contribution is -0.113. The Morgan fingerprint density at radius 2 is 1.89 bits per heavy atom. The van der Waals surface area contributed by atoms with Crippen LogP contribution in [-0.2, 0) is 16.1 Å². The number of esters is 1. The highest BCUT2D eigenvalue weighted by Crippen LogP contribution is 2.33. The fourth-order valence-electron chi connectivity index (χ4n) is 3.98. The first-order valence-corrected chi connectivity index (χ1v) is 13.5. The van der Waals surface area contributed by atoms with Gasteiger partial charge in [-0.15, -0.1) is 28.1 Å². The number of para-hydroxylation sites is 1. The number of amides is 1. The van der Waals surface area contributed by atoms with Gasteiger partial charge in [-0.05, 0) is 23.6 Å². The largest absolute Gasteiger partial charge is 0.465 e. The quantitative estimate of drug-likeness (QED) is 0.140. The minimum atomic E-state index is -0.496. The molecule has 8 nitrogen and oxygen atoms in total. The van der Waals surface area contributed by atoms with Crippen LogP contribution in [0.25, 0.3) is 33.5 Å². The summed E-state index contributed by atoms with van der Waals surface area (Å²) in [5.41, 5.74) is 3.90. The molecular formula is C28H23N5O3S2. The number of anilines is 1. The molecule has 0 aliphatic rings. The van der Waals surface area contributed by atoms with Gasteiger partial charge in [-0.25, -0.2) is 9.78 Å². The number of fused-ring (bicyclic) bond motifs is 1. The molecule has 0 saturated heterocycles. The summed E-state index contributed by atoms with van der Waals surface area (Å²) in [6.07, 6.45) is 1.77. The van der Waals surface area contributed by atoms with E-state index >= 15 is 0 Å². The van der Waals surface area contributed by atoms with Gasteiger partial charge in [0.2, 0.25) is 5.91 Å². The van der Waals surface area contributed by atoms with Crippen LogP contribution in [-0.4, -0.2) is 44.5 Å². The molecule has 0 spiro atoms. The molecular weight excluding hydrogens is 518 g/mol. The monoisotopic (exact) mass is 541 g/mol. The third-order valence-electron chi connectivity index (χ3n) is 5.71. The fourth-order valence-corrected chi connectivity index (χ4v) is 5.51. The number of nitrogens with zero attached hydrogens (tertiary/aromatic N) is 4. The van der Waals surface area contributed by atoms with Gasteiger partial charge < -0.3 is 10.1 Å². The zero-order chi connectivity index (χ0) is 26.5. The summed E-state index contributed by atoms with van der Waals surface area (Å²) >= 11 is 2.52. The Kier molecular flexibility index (Phi) is 7.62. The van der Waals surface area contributed by atoms with E-state index in [1.807, 2.05) is 65.2 Å². The van der Waals surface area contributed by atoms with E-state index in [0.717, 1.165) is 27.7 Å². The lowest BCUT2D eigenvalue weighted by atomic mass is 10.0. The second-order valence-corrected chi connectivity index (χ2v) is 9.99. The Balaban J connectivity index is 1.45. The molecule has 0 saturated carbocycles. The van der Waals surface area contributed by atoms with Crippen molar-refractivity contribution >= 4 is 50.9 Å². The highest BCUT2D eigenvalue weighted by atomic mass is 32.2. The van der Waals surface area contributed by atoms with Crippen molar-refractivity contribution in [1.29, 1.82) is 0 Å². The third kappa shape index (κ3) is 5.22. The molecule has 1 N–H and O–H groups in total. The van der Waals surface area contributed by atoms with Crippen molar-refractivity contribution in [3.8, 4) is 22.6 Å². The zero-order valence-electron chi connectivity index (χ0n) is 20.5. The van der Waals surface area contributed by atoms with Crippen LogP contribution in [0, 0.1) is 0 Å². The Morgan fingerprint density at radius 3 is 2.68 bits per heavy atom. The summed E-state index contributed by atoms with van der Waals surface area (Å²) in [6.45, 7) is 4.36. The number of pyridine rings is 1. The predicted octanol–water partition coefficient (Wildman–Crippen LogP) is 5.93. The van der Waals surface area contributed by atoms with E-state index < -0.39 is 5.97 Å². The van der Waals surface area contributed by atoms with Crippen molar-refractivity contribution in [2.24, 2.45) is 0 Å². The summed E-state index contributed by atoms with van der Waals surface area (Å²) < 4.78 is 6.71. The van der Waals surface area contributed by atoms with Crippen LogP contribution in [0.3, 0.4) is 0 Å². The Labute approximate surface area is 227 Å². The number of rotatable bonds is 9. The molecule has 0 aliphatic carbocycles. The average Bonchev–Trinajstić information content (AvgIpc) is 3.58. The Morgan fingerprint density at radius 1 is 1.11 bits per heavy atom. The Hall–Kier alpha value is -4.28. The highest BCUT2D eigenvalue weighted by molar-refractivity contribution is 7.99. The molecule has 3 heterocycles. The van der Waals surface area contributed by atoms with Crippen LogP contribution < -0.4 is 5.32 Å². The first kappa shape index (κ1) is 25.4. The van der Waals surface area contributed by atoms with E-state index in [0.29, 0.717) is 28.1 Å². The van der Waals surface area contributed by atoms with Gasteiger partial charge in [0, 0.05) is 23.1 Å². The molecule has 5 rings (SSSR count). The summed E-state index contributed by atoms with van der Waals surface area (Å²) in [7, 11) is 1.31. The minimum Gasteiger partial charge on any atom is -0.465 e. The molecule has 38 heavy (non-hydrogen) atoms. The van der Waals surface area contributed by atoms with Gasteiger partial charge in [0.25, 0.3) is 0 Å². The fraction of sp³-hybridized carbons (Fsp3) is 0.107. The summed E-state index contributed by atoms with van der Waals surface area (Å²) in [5.74, 6) is -0.0166. The standard InChI is InChI=1S/C28H23N5O3S2/c1-3-14-33-25(21-16-23(18-9-5-4-6-10-18)29-22-12-8-7-11-19(21)22)31-32-28(33)38-17-24(34)30-26-20(13-15-37-26)27(35)36-2/h3-13,15-16H,1,14,17H2,2H3,(H,30,34). The van der Waals surface area contributed by atoms with E-state index in [-0.39, 0.29) is 11.7 Å². The molecule has 190 valence electrons. The van der Waals surface area contributed by atoms with E-state index in [1.54, 1.807) is 17.5 Å². The molecule has 1 amide bonds. The molecule has 0 unspecified atom stereocenters. The van der Waals surface area contributed by atoms with E-state index in [9.17, 15) is 9.59 Å². The van der Waals surface area contributed by atoms with Crippen LogP contribution >= 0.6 is 23.1 Å². The molecule has 0 aliphatic heterocycles. The number of ether oxygens (including phenoxy) is 1. The Bertz CT molecular complexity index is 1630. The van der Waals surface area contributed by atoms with Gasteiger partial charge in [0.05, 0.1) is 29.6 Å². The number of hydrogen-bond donors (Lipinski definition) is 1. The van der Waals surface area contributed by atoms with E-state index in [1.165, 1.54) is 30.2 Å². The number of carbonyl (C=O) groups excluding carboxylic acids is 2. The van der Waals surface area contributed by atoms with Crippen molar-refractivity contribution in [2.75, 3.05) is 18.2 Å². The summed E-state index contributed by atoms with van der Waals surface area (Å²) in [6, 6.07) is 21.5. The molecule has 0 bridgehead atoms. The topological polar surface area (TPSA) is 99.0 Å². The zero-order valence-corrected chi connectivity index (χ0v) is 22.1. The number of allylic oxidation sites excluding steroid dienone is 1.